The Labute approximate surface area is 275 Å². The second kappa shape index (κ2) is 14.0. The molecule has 0 aliphatic rings. The summed E-state index contributed by atoms with van der Waals surface area (Å²) in [7, 11) is 0. The van der Waals surface area contributed by atoms with Crippen LogP contribution in [0.3, 0.4) is 0 Å². The second-order valence-electron chi connectivity index (χ2n) is 11.6. The Hall–Kier alpha value is -3.57. The highest BCUT2D eigenvalue weighted by atomic mass is 32.1. The number of benzene rings is 4. The van der Waals surface area contributed by atoms with Gasteiger partial charge in [-0.1, -0.05) is 91.7 Å². The van der Waals surface area contributed by atoms with Gasteiger partial charge >= 0.3 is 0 Å². The average molecular weight is 630 g/mol. The van der Waals surface area contributed by atoms with E-state index in [2.05, 4.69) is 103 Å². The molecule has 1 nitrogen and oxygen atoms in total. The summed E-state index contributed by atoms with van der Waals surface area (Å²) < 4.78 is 0. The van der Waals surface area contributed by atoms with E-state index in [1.54, 1.807) is 0 Å². The molecule has 0 saturated heterocycles. The summed E-state index contributed by atoms with van der Waals surface area (Å²) in [5, 5.41) is 4.55. The highest BCUT2D eigenvalue weighted by molar-refractivity contribution is 7.80. The maximum Gasteiger partial charge on any atom is 0.0405 e. The van der Waals surface area contributed by atoms with Gasteiger partial charge in [-0.2, -0.15) is 0 Å². The van der Waals surface area contributed by atoms with Gasteiger partial charge in [0.25, 0.3) is 0 Å². The van der Waals surface area contributed by atoms with Crippen LogP contribution >= 0.6 is 35.3 Å². The van der Waals surface area contributed by atoms with Crippen LogP contribution in [-0.2, 0) is 12.8 Å². The molecule has 0 atom stereocenters. The summed E-state index contributed by atoms with van der Waals surface area (Å²) in [5.41, 5.74) is 20.3. The molecule has 0 amide bonds. The summed E-state index contributed by atoms with van der Waals surface area (Å²) >= 11 is 8.38. The predicted molar refractivity (Wildman–Crippen MR) is 197 cm³/mol. The van der Waals surface area contributed by atoms with Crippen LogP contribution in [0.5, 0.6) is 0 Å². The molecule has 6 rings (SSSR count). The zero-order valence-electron chi connectivity index (χ0n) is 25.5. The summed E-state index contributed by atoms with van der Waals surface area (Å²) in [6.07, 6.45) is 7.12. The Morgan fingerprint density at radius 2 is 1.25 bits per heavy atom. The first kappa shape index (κ1) is 30.5. The fraction of sp³-hybridized carbons (Fsp3) is 0.200. The fourth-order valence-electron chi connectivity index (χ4n) is 6.22. The molecule has 0 aliphatic heterocycles. The van der Waals surface area contributed by atoms with Crippen molar-refractivity contribution in [2.75, 3.05) is 5.73 Å². The van der Waals surface area contributed by atoms with E-state index < -0.39 is 0 Å². The van der Waals surface area contributed by atoms with Crippen molar-refractivity contribution >= 4 is 41.0 Å². The van der Waals surface area contributed by atoms with E-state index in [9.17, 15) is 0 Å². The Morgan fingerprint density at radius 3 is 1.95 bits per heavy atom. The highest BCUT2D eigenvalue weighted by Crippen LogP contribution is 2.43. The molecule has 0 radical (unpaired) electrons. The third-order valence-corrected chi connectivity index (χ3v) is 11.1. The highest BCUT2D eigenvalue weighted by Gasteiger charge is 2.17. The first-order valence-electron chi connectivity index (χ1n) is 15.5. The van der Waals surface area contributed by atoms with Crippen molar-refractivity contribution in [3.63, 3.8) is 0 Å². The molecule has 2 heterocycles. The minimum atomic E-state index is 0.781. The van der Waals surface area contributed by atoms with Gasteiger partial charge in [0.1, 0.15) is 0 Å². The van der Waals surface area contributed by atoms with Gasteiger partial charge in [-0.05, 0) is 119 Å². The first-order valence-corrected chi connectivity index (χ1v) is 17.7. The van der Waals surface area contributed by atoms with Crippen molar-refractivity contribution in [3.8, 4) is 43.1 Å². The molecule has 0 bridgehead atoms. The zero-order chi connectivity index (χ0) is 30.5. The molecule has 44 heavy (non-hydrogen) atoms. The maximum absolute atomic E-state index is 6.36. The predicted octanol–water partition coefficient (Wildman–Crippen LogP) is 12.3. The van der Waals surface area contributed by atoms with E-state index in [4.69, 9.17) is 18.4 Å². The van der Waals surface area contributed by atoms with Crippen LogP contribution in [0, 0.1) is 13.8 Å². The summed E-state index contributed by atoms with van der Waals surface area (Å²) in [4.78, 5) is 3.63. The lowest BCUT2D eigenvalue weighted by Crippen LogP contribution is -1.93. The van der Waals surface area contributed by atoms with Crippen LogP contribution < -0.4 is 5.73 Å². The molecule has 0 saturated carbocycles. The second-order valence-corrected chi connectivity index (χ2v) is 13.9. The number of hydrogen-bond acceptors (Lipinski definition) is 4. The van der Waals surface area contributed by atoms with Gasteiger partial charge in [0.05, 0.1) is 0 Å². The monoisotopic (exact) mass is 629 g/mol. The van der Waals surface area contributed by atoms with Gasteiger partial charge < -0.3 is 5.73 Å². The van der Waals surface area contributed by atoms with Crippen LogP contribution in [0.15, 0.2) is 113 Å². The lowest BCUT2D eigenvalue weighted by molar-refractivity contribution is 0.641. The lowest BCUT2D eigenvalue weighted by atomic mass is 9.95. The van der Waals surface area contributed by atoms with Crippen molar-refractivity contribution in [3.05, 3.63) is 130 Å². The van der Waals surface area contributed by atoms with E-state index in [-0.39, 0.29) is 0 Å². The van der Waals surface area contributed by atoms with E-state index in [0.717, 1.165) is 29.0 Å². The molecule has 2 aromatic heterocycles. The molecule has 4 heteroatoms. The Kier molecular flexibility index (Phi) is 9.71. The van der Waals surface area contributed by atoms with Crippen molar-refractivity contribution in [2.24, 2.45) is 0 Å². The Balaban J connectivity index is 1.07. The molecule has 222 valence electrons. The van der Waals surface area contributed by atoms with Gasteiger partial charge in [0.15, 0.2) is 0 Å². The van der Waals surface area contributed by atoms with Crippen molar-refractivity contribution in [1.29, 1.82) is 0 Å². The number of rotatable bonds is 11. The number of thiophene rings is 2. The summed E-state index contributed by atoms with van der Waals surface area (Å²) in [6, 6.07) is 34.9. The SMILES string of the molecule is Cc1ccccc1-c1csc(-c2ccccc2CCCCCCc2ccccc2-c2scc(-c3c(N)cccc3S)c2C)c1. The third kappa shape index (κ3) is 6.58. The lowest BCUT2D eigenvalue weighted by Gasteiger charge is -2.12. The molecule has 2 N–H and O–H groups in total. The van der Waals surface area contributed by atoms with Crippen LogP contribution in [0.25, 0.3) is 43.1 Å². The van der Waals surface area contributed by atoms with E-state index in [1.165, 1.54) is 85.5 Å². The number of hydrogen-bond donors (Lipinski definition) is 2. The minimum absolute atomic E-state index is 0.781. The summed E-state index contributed by atoms with van der Waals surface area (Å²) in [5.74, 6) is 0. The number of anilines is 1. The number of thiol groups is 1. The number of aryl methyl sites for hydroxylation is 3. The first-order chi connectivity index (χ1) is 21.5. The number of nitrogen functional groups attached to an aromatic ring is 1. The Morgan fingerprint density at radius 1 is 0.614 bits per heavy atom. The molecular formula is C40H39NS3. The molecule has 0 fully saturated rings. The molecular weight excluding hydrogens is 591 g/mol. The topological polar surface area (TPSA) is 26.0 Å². The van der Waals surface area contributed by atoms with Gasteiger partial charge in [-0.25, -0.2) is 0 Å². The van der Waals surface area contributed by atoms with Crippen molar-refractivity contribution < 1.29 is 0 Å². The minimum Gasteiger partial charge on any atom is -0.398 e. The summed E-state index contributed by atoms with van der Waals surface area (Å²) in [6.45, 7) is 4.41. The van der Waals surface area contributed by atoms with Gasteiger partial charge in [-0.3, -0.25) is 0 Å². The number of nitrogens with two attached hydrogens (primary N) is 1. The smallest absolute Gasteiger partial charge is 0.0405 e. The molecule has 0 spiro atoms. The molecule has 0 aliphatic carbocycles. The van der Waals surface area contributed by atoms with Crippen LogP contribution in [-0.4, -0.2) is 0 Å². The zero-order valence-corrected chi connectivity index (χ0v) is 28.0. The van der Waals surface area contributed by atoms with E-state index in [1.807, 2.05) is 40.9 Å². The van der Waals surface area contributed by atoms with Crippen LogP contribution in [0.2, 0.25) is 0 Å². The van der Waals surface area contributed by atoms with Gasteiger partial charge in [0, 0.05) is 25.9 Å². The van der Waals surface area contributed by atoms with Crippen LogP contribution in [0.4, 0.5) is 5.69 Å². The molecule has 0 unspecified atom stereocenters. The third-order valence-electron chi connectivity index (χ3n) is 8.63. The standard InChI is InChI=1S/C40H39NS3/c1-27-14-7-10-19-32(27)31-24-38(43-25-31)33-20-11-8-17-29(33)15-5-3-4-6-16-30-18-9-12-21-34(30)40-28(2)35(26-44-40)39-36(41)22-13-23-37(39)42/h7-14,17-26,42H,3-6,15-16,41H2,1-2H3. The largest absolute Gasteiger partial charge is 0.398 e. The Bertz CT molecular complexity index is 1860. The maximum atomic E-state index is 6.36. The van der Waals surface area contributed by atoms with Crippen LogP contribution in [0.1, 0.15) is 47.9 Å². The molecule has 4 aromatic carbocycles. The van der Waals surface area contributed by atoms with Crippen molar-refractivity contribution in [1.82, 2.24) is 0 Å². The van der Waals surface area contributed by atoms with E-state index in [0.29, 0.717) is 0 Å². The van der Waals surface area contributed by atoms with Gasteiger partial charge in [0.2, 0.25) is 0 Å². The van der Waals surface area contributed by atoms with Gasteiger partial charge in [-0.15, -0.1) is 35.3 Å². The molecule has 6 aromatic rings. The normalized spacial score (nSPS) is 11.2. The number of unbranched alkanes of at least 4 members (excludes halogenated alkanes) is 3. The fourth-order valence-corrected chi connectivity index (χ4v) is 8.67. The quantitative estimate of drug-likeness (QED) is 0.0832. The average Bonchev–Trinajstić information content (AvgIpc) is 3.67. The van der Waals surface area contributed by atoms with E-state index >= 15 is 0 Å². The van der Waals surface area contributed by atoms with Crippen molar-refractivity contribution in [2.45, 2.75) is 57.3 Å².